The van der Waals surface area contributed by atoms with Crippen LogP contribution in [0.3, 0.4) is 0 Å². The van der Waals surface area contributed by atoms with E-state index < -0.39 is 10.2 Å². The van der Waals surface area contributed by atoms with Gasteiger partial charge in [0.1, 0.15) is 5.25 Å². The lowest BCUT2D eigenvalue weighted by Gasteiger charge is -2.15. The average Bonchev–Trinajstić information content (AvgIpc) is 3.18. The first-order chi connectivity index (χ1) is 14.5. The van der Waals surface area contributed by atoms with E-state index in [4.69, 9.17) is 4.74 Å². The number of nitro benzene ring substituents is 1. The van der Waals surface area contributed by atoms with E-state index in [2.05, 4.69) is 10.2 Å². The largest absolute Gasteiger partial charge is 0.465 e. The molecule has 1 aromatic heterocycles. The maximum atomic E-state index is 12.4. The Labute approximate surface area is 178 Å². The molecule has 0 aliphatic rings. The van der Waals surface area contributed by atoms with E-state index in [0.29, 0.717) is 29.6 Å². The fourth-order valence-electron chi connectivity index (χ4n) is 2.92. The van der Waals surface area contributed by atoms with Crippen molar-refractivity contribution in [3.05, 3.63) is 64.7 Å². The van der Waals surface area contributed by atoms with Gasteiger partial charge in [-0.3, -0.25) is 19.5 Å². The van der Waals surface area contributed by atoms with E-state index in [0.717, 1.165) is 12.1 Å². The molecular weight excluding hydrogens is 404 g/mol. The topological polar surface area (TPSA) is 100 Å². The lowest BCUT2D eigenvalue weighted by Crippen LogP contribution is -2.20. The quantitative estimate of drug-likeness (QED) is 0.212. The van der Waals surface area contributed by atoms with E-state index >= 15 is 0 Å². The number of nitrogens with zero attached hydrogens (tertiary/aromatic N) is 4. The molecule has 0 saturated carbocycles. The number of carbonyl (C=O) groups excluding carboxylic acids is 1. The summed E-state index contributed by atoms with van der Waals surface area (Å²) in [6.45, 7) is 4.11. The SMILES string of the molecule is CCC[C@H](Sc1nnc(-c2ccc([N+](=O)[O-])cc2)n1-c1ccccc1)C(=O)OCC. The fourth-order valence-corrected chi connectivity index (χ4v) is 4.08. The molecule has 0 amide bonds. The average molecular weight is 426 g/mol. The van der Waals surface area contributed by atoms with Crippen LogP contribution in [0.5, 0.6) is 0 Å². The number of ether oxygens (including phenoxy) is 1. The molecule has 0 saturated heterocycles. The van der Waals surface area contributed by atoms with Crippen molar-refractivity contribution in [1.82, 2.24) is 14.8 Å². The van der Waals surface area contributed by atoms with Crippen LogP contribution in [0.1, 0.15) is 26.7 Å². The van der Waals surface area contributed by atoms with Crippen molar-refractivity contribution in [1.29, 1.82) is 0 Å². The first-order valence-electron chi connectivity index (χ1n) is 9.64. The first-order valence-corrected chi connectivity index (χ1v) is 10.5. The summed E-state index contributed by atoms with van der Waals surface area (Å²) < 4.78 is 7.08. The van der Waals surface area contributed by atoms with E-state index in [9.17, 15) is 14.9 Å². The number of esters is 1. The number of carbonyl (C=O) groups is 1. The Kier molecular flexibility index (Phi) is 7.18. The van der Waals surface area contributed by atoms with Crippen LogP contribution in [0, 0.1) is 10.1 Å². The maximum Gasteiger partial charge on any atom is 0.319 e. The molecule has 3 aromatic rings. The van der Waals surface area contributed by atoms with Gasteiger partial charge in [-0.1, -0.05) is 43.3 Å². The smallest absolute Gasteiger partial charge is 0.319 e. The van der Waals surface area contributed by atoms with Crippen LogP contribution in [0.4, 0.5) is 5.69 Å². The molecule has 156 valence electrons. The van der Waals surface area contributed by atoms with Crippen LogP contribution in [-0.2, 0) is 9.53 Å². The lowest BCUT2D eigenvalue weighted by molar-refractivity contribution is -0.384. The summed E-state index contributed by atoms with van der Waals surface area (Å²) in [5.74, 6) is 0.265. The minimum Gasteiger partial charge on any atom is -0.465 e. The third kappa shape index (κ3) is 4.85. The second-order valence-electron chi connectivity index (χ2n) is 6.43. The number of hydrogen-bond donors (Lipinski definition) is 0. The van der Waals surface area contributed by atoms with Crippen LogP contribution in [0.25, 0.3) is 17.1 Å². The summed E-state index contributed by atoms with van der Waals surface area (Å²) in [5.41, 5.74) is 1.52. The van der Waals surface area contributed by atoms with Crippen molar-refractivity contribution in [3.8, 4) is 17.1 Å². The van der Waals surface area contributed by atoms with E-state index in [-0.39, 0.29) is 11.7 Å². The zero-order valence-electron chi connectivity index (χ0n) is 16.7. The molecule has 9 heteroatoms. The summed E-state index contributed by atoms with van der Waals surface area (Å²) in [5, 5.41) is 19.8. The fraction of sp³-hybridized carbons (Fsp3) is 0.286. The Balaban J connectivity index is 2.04. The molecule has 3 rings (SSSR count). The van der Waals surface area contributed by atoms with Gasteiger partial charge in [-0.15, -0.1) is 10.2 Å². The minimum atomic E-state index is -0.443. The number of hydrogen-bond acceptors (Lipinski definition) is 7. The number of para-hydroxylation sites is 1. The van der Waals surface area contributed by atoms with Crippen molar-refractivity contribution in [3.63, 3.8) is 0 Å². The van der Waals surface area contributed by atoms with Gasteiger partial charge in [-0.2, -0.15) is 0 Å². The van der Waals surface area contributed by atoms with Crippen LogP contribution in [-0.4, -0.2) is 37.5 Å². The minimum absolute atomic E-state index is 0.00412. The highest BCUT2D eigenvalue weighted by atomic mass is 32.2. The van der Waals surface area contributed by atoms with Crippen molar-refractivity contribution in [2.75, 3.05) is 6.61 Å². The number of aromatic nitrogens is 3. The number of benzene rings is 2. The van der Waals surface area contributed by atoms with Crippen molar-refractivity contribution < 1.29 is 14.5 Å². The van der Waals surface area contributed by atoms with Gasteiger partial charge in [0.05, 0.1) is 11.5 Å². The van der Waals surface area contributed by atoms with Gasteiger partial charge in [0.25, 0.3) is 5.69 Å². The molecule has 0 fully saturated rings. The van der Waals surface area contributed by atoms with E-state index in [1.165, 1.54) is 23.9 Å². The molecule has 0 unspecified atom stereocenters. The van der Waals surface area contributed by atoms with Gasteiger partial charge in [0.15, 0.2) is 11.0 Å². The molecule has 0 aliphatic heterocycles. The highest BCUT2D eigenvalue weighted by Gasteiger charge is 2.25. The molecule has 1 atom stereocenters. The molecule has 8 nitrogen and oxygen atoms in total. The molecular formula is C21H22N4O4S. The highest BCUT2D eigenvalue weighted by Crippen LogP contribution is 2.32. The monoisotopic (exact) mass is 426 g/mol. The highest BCUT2D eigenvalue weighted by molar-refractivity contribution is 8.00. The summed E-state index contributed by atoms with van der Waals surface area (Å²) in [7, 11) is 0. The molecule has 0 bridgehead atoms. The molecule has 0 radical (unpaired) electrons. The normalized spacial score (nSPS) is 11.8. The molecule has 0 spiro atoms. The molecule has 30 heavy (non-hydrogen) atoms. The molecule has 0 aliphatic carbocycles. The number of rotatable bonds is 9. The van der Waals surface area contributed by atoms with E-state index in [1.807, 2.05) is 41.8 Å². The first kappa shape index (κ1) is 21.5. The van der Waals surface area contributed by atoms with Gasteiger partial charge >= 0.3 is 5.97 Å². The van der Waals surface area contributed by atoms with Crippen LogP contribution >= 0.6 is 11.8 Å². The van der Waals surface area contributed by atoms with Gasteiger partial charge < -0.3 is 4.74 Å². The summed E-state index contributed by atoms with van der Waals surface area (Å²) in [6, 6.07) is 15.7. The van der Waals surface area contributed by atoms with Gasteiger partial charge in [0, 0.05) is 23.4 Å². The third-order valence-corrected chi connectivity index (χ3v) is 5.52. The van der Waals surface area contributed by atoms with Crippen molar-refractivity contribution in [2.45, 2.75) is 37.1 Å². The number of thioether (sulfide) groups is 1. The summed E-state index contributed by atoms with van der Waals surface area (Å²) in [6.07, 6.45) is 1.48. The van der Waals surface area contributed by atoms with Gasteiger partial charge in [-0.25, -0.2) is 0 Å². The van der Waals surface area contributed by atoms with E-state index in [1.54, 1.807) is 19.1 Å². The Morgan fingerprint density at radius 2 is 1.83 bits per heavy atom. The Morgan fingerprint density at radius 3 is 2.43 bits per heavy atom. The summed E-state index contributed by atoms with van der Waals surface area (Å²) >= 11 is 1.31. The lowest BCUT2D eigenvalue weighted by atomic mass is 10.2. The maximum absolute atomic E-state index is 12.4. The van der Waals surface area contributed by atoms with Gasteiger partial charge in [-0.05, 0) is 37.6 Å². The Bertz CT molecular complexity index is 1010. The van der Waals surface area contributed by atoms with Crippen molar-refractivity contribution >= 4 is 23.4 Å². The number of nitro groups is 1. The predicted molar refractivity (Wildman–Crippen MR) is 115 cm³/mol. The molecule has 0 N–H and O–H groups in total. The second-order valence-corrected chi connectivity index (χ2v) is 7.60. The third-order valence-electron chi connectivity index (χ3n) is 4.33. The van der Waals surface area contributed by atoms with Crippen LogP contribution < -0.4 is 0 Å². The molecule has 1 heterocycles. The zero-order valence-corrected chi connectivity index (χ0v) is 17.5. The number of non-ortho nitro benzene ring substituents is 1. The standard InChI is InChI=1S/C21H22N4O4S/c1-3-8-18(20(26)29-4-2)30-21-23-22-19(24(21)16-9-6-5-7-10-16)15-11-13-17(14-12-15)25(27)28/h5-7,9-14,18H,3-4,8H2,1-2H3/t18-/m0/s1. The summed E-state index contributed by atoms with van der Waals surface area (Å²) in [4.78, 5) is 22.9. The van der Waals surface area contributed by atoms with Crippen LogP contribution in [0.15, 0.2) is 59.8 Å². The zero-order chi connectivity index (χ0) is 21.5. The second kappa shape index (κ2) is 10.0. The van der Waals surface area contributed by atoms with Crippen molar-refractivity contribution in [2.24, 2.45) is 0 Å². The molecule has 2 aromatic carbocycles. The Hall–Kier alpha value is -3.20. The van der Waals surface area contributed by atoms with Crippen LogP contribution in [0.2, 0.25) is 0 Å². The Morgan fingerprint density at radius 1 is 1.13 bits per heavy atom. The van der Waals surface area contributed by atoms with Gasteiger partial charge in [0.2, 0.25) is 0 Å². The predicted octanol–water partition coefficient (Wildman–Crippen LogP) is 4.67.